The maximum absolute atomic E-state index is 11.1. The van der Waals surface area contributed by atoms with Crippen molar-refractivity contribution < 1.29 is 9.90 Å². The van der Waals surface area contributed by atoms with Gasteiger partial charge in [0.25, 0.3) is 0 Å². The minimum atomic E-state index is -0.598. The molecule has 108 valence electrons. The molecule has 0 unspecified atom stereocenters. The van der Waals surface area contributed by atoms with E-state index in [2.05, 4.69) is 35.2 Å². The van der Waals surface area contributed by atoms with Crippen LogP contribution in [-0.2, 0) is 11.3 Å². The van der Waals surface area contributed by atoms with Crippen LogP contribution in [0.4, 0.5) is 0 Å². The molecule has 1 aromatic rings. The number of carbonyl (C=O) groups is 1. The number of hydrogen-bond donors (Lipinski definition) is 1. The second-order valence-electron chi connectivity index (χ2n) is 6.56. The van der Waals surface area contributed by atoms with E-state index < -0.39 is 5.97 Å². The molecule has 2 aliphatic rings. The zero-order valence-electron chi connectivity index (χ0n) is 11.9. The van der Waals surface area contributed by atoms with Crippen molar-refractivity contribution in [1.29, 1.82) is 0 Å². The van der Waals surface area contributed by atoms with Crippen molar-refractivity contribution >= 4 is 5.97 Å². The average molecular weight is 273 g/mol. The van der Waals surface area contributed by atoms with Crippen LogP contribution in [0.1, 0.15) is 37.7 Å². The molecular formula is C17H23NO2. The van der Waals surface area contributed by atoms with E-state index in [1.54, 1.807) is 0 Å². The van der Waals surface area contributed by atoms with Crippen LogP contribution in [0.3, 0.4) is 0 Å². The number of hydrogen-bond acceptors (Lipinski definition) is 2. The van der Waals surface area contributed by atoms with E-state index in [0.29, 0.717) is 5.41 Å². The Morgan fingerprint density at radius 2 is 1.90 bits per heavy atom. The molecule has 1 saturated carbocycles. The molecule has 0 atom stereocenters. The summed E-state index contributed by atoms with van der Waals surface area (Å²) in [4.78, 5) is 13.6. The summed E-state index contributed by atoms with van der Waals surface area (Å²) < 4.78 is 0. The summed E-state index contributed by atoms with van der Waals surface area (Å²) in [5.41, 5.74) is 1.78. The van der Waals surface area contributed by atoms with Crippen LogP contribution in [0.2, 0.25) is 0 Å². The molecule has 0 amide bonds. The molecule has 20 heavy (non-hydrogen) atoms. The van der Waals surface area contributed by atoms with Crippen LogP contribution in [0, 0.1) is 11.3 Å². The zero-order chi connectivity index (χ0) is 14.0. The van der Waals surface area contributed by atoms with Gasteiger partial charge in [-0.2, -0.15) is 0 Å². The molecular weight excluding hydrogens is 250 g/mol. The van der Waals surface area contributed by atoms with Crippen LogP contribution in [0.5, 0.6) is 0 Å². The highest BCUT2D eigenvalue weighted by Crippen LogP contribution is 2.45. The molecule has 3 nitrogen and oxygen atoms in total. The molecule has 0 radical (unpaired) electrons. The lowest BCUT2D eigenvalue weighted by Crippen LogP contribution is -2.33. The monoisotopic (exact) mass is 273 g/mol. The third-order valence-corrected chi connectivity index (χ3v) is 5.16. The van der Waals surface area contributed by atoms with Crippen LogP contribution in [0.15, 0.2) is 30.3 Å². The molecule has 3 heteroatoms. The minimum Gasteiger partial charge on any atom is -0.481 e. The van der Waals surface area contributed by atoms with E-state index in [1.807, 2.05) is 0 Å². The Morgan fingerprint density at radius 1 is 1.20 bits per heavy atom. The van der Waals surface area contributed by atoms with E-state index in [9.17, 15) is 4.79 Å². The fourth-order valence-electron chi connectivity index (χ4n) is 3.89. The van der Waals surface area contributed by atoms with Gasteiger partial charge in [0.2, 0.25) is 0 Å². The molecule has 3 rings (SSSR count). The van der Waals surface area contributed by atoms with Gasteiger partial charge in [-0.3, -0.25) is 9.69 Å². The van der Waals surface area contributed by atoms with Crippen molar-refractivity contribution in [3.63, 3.8) is 0 Å². The molecule has 2 fully saturated rings. The minimum absolute atomic E-state index is 0.0937. The molecule has 1 aliphatic carbocycles. The molecule has 0 bridgehead atoms. The first-order valence-electron chi connectivity index (χ1n) is 7.66. The van der Waals surface area contributed by atoms with E-state index in [0.717, 1.165) is 45.3 Å². The third-order valence-electron chi connectivity index (χ3n) is 5.16. The maximum Gasteiger partial charge on any atom is 0.306 e. The topological polar surface area (TPSA) is 40.5 Å². The Labute approximate surface area is 120 Å². The van der Waals surface area contributed by atoms with Gasteiger partial charge in [-0.1, -0.05) is 30.3 Å². The summed E-state index contributed by atoms with van der Waals surface area (Å²) in [5.74, 6) is -0.692. The number of likely N-dealkylation sites (tertiary alicyclic amines) is 1. The largest absolute Gasteiger partial charge is 0.481 e. The number of aliphatic carboxylic acids is 1. The van der Waals surface area contributed by atoms with Crippen molar-refractivity contribution in [3.05, 3.63) is 35.9 Å². The molecule has 1 saturated heterocycles. The Hall–Kier alpha value is -1.35. The van der Waals surface area contributed by atoms with E-state index in [-0.39, 0.29) is 5.92 Å². The summed E-state index contributed by atoms with van der Waals surface area (Å²) in [7, 11) is 0. The number of rotatable bonds is 3. The standard InChI is InChI=1S/C17H23NO2/c19-16(20)15-6-8-17(9-7-15)10-11-18(13-17)12-14-4-2-1-3-5-14/h1-5,15H,6-13H2,(H,19,20). The highest BCUT2D eigenvalue weighted by molar-refractivity contribution is 5.70. The smallest absolute Gasteiger partial charge is 0.306 e. The van der Waals surface area contributed by atoms with Crippen molar-refractivity contribution in [2.45, 2.75) is 38.6 Å². The zero-order valence-corrected chi connectivity index (χ0v) is 11.9. The van der Waals surface area contributed by atoms with Gasteiger partial charge in [-0.05, 0) is 49.6 Å². The first-order chi connectivity index (χ1) is 9.67. The predicted octanol–water partition coefficient (Wildman–Crippen LogP) is 3.15. The van der Waals surface area contributed by atoms with Crippen LogP contribution in [-0.4, -0.2) is 29.1 Å². The van der Waals surface area contributed by atoms with E-state index >= 15 is 0 Å². The number of nitrogens with zero attached hydrogens (tertiary/aromatic N) is 1. The Balaban J connectivity index is 1.56. The fourth-order valence-corrected chi connectivity index (χ4v) is 3.89. The second kappa shape index (κ2) is 5.57. The van der Waals surface area contributed by atoms with Gasteiger partial charge in [-0.15, -0.1) is 0 Å². The Bertz CT molecular complexity index is 463. The van der Waals surface area contributed by atoms with Gasteiger partial charge < -0.3 is 5.11 Å². The van der Waals surface area contributed by atoms with Crippen LogP contribution in [0.25, 0.3) is 0 Å². The van der Waals surface area contributed by atoms with Gasteiger partial charge in [0, 0.05) is 13.1 Å². The van der Waals surface area contributed by atoms with Crippen molar-refractivity contribution in [1.82, 2.24) is 4.90 Å². The van der Waals surface area contributed by atoms with Crippen molar-refractivity contribution in [2.24, 2.45) is 11.3 Å². The second-order valence-corrected chi connectivity index (χ2v) is 6.56. The summed E-state index contributed by atoms with van der Waals surface area (Å²) in [5, 5.41) is 9.11. The van der Waals surface area contributed by atoms with Gasteiger partial charge in [0.15, 0.2) is 0 Å². The average Bonchev–Trinajstić information content (AvgIpc) is 2.83. The lowest BCUT2D eigenvalue weighted by molar-refractivity contribution is -0.143. The summed E-state index contributed by atoms with van der Waals surface area (Å²) in [6.45, 7) is 3.34. The Morgan fingerprint density at radius 3 is 2.55 bits per heavy atom. The fraction of sp³-hybridized carbons (Fsp3) is 0.588. The lowest BCUT2D eigenvalue weighted by atomic mass is 9.70. The van der Waals surface area contributed by atoms with Crippen molar-refractivity contribution in [2.75, 3.05) is 13.1 Å². The molecule has 0 aromatic heterocycles. The molecule has 1 aliphatic heterocycles. The summed E-state index contributed by atoms with van der Waals surface area (Å²) >= 11 is 0. The first-order valence-corrected chi connectivity index (χ1v) is 7.66. The van der Waals surface area contributed by atoms with Gasteiger partial charge in [0.05, 0.1) is 5.92 Å². The summed E-state index contributed by atoms with van der Waals surface area (Å²) in [6, 6.07) is 10.6. The van der Waals surface area contributed by atoms with Gasteiger partial charge in [-0.25, -0.2) is 0 Å². The highest BCUT2D eigenvalue weighted by atomic mass is 16.4. The third kappa shape index (κ3) is 2.88. The number of carboxylic acids is 1. The van der Waals surface area contributed by atoms with Gasteiger partial charge in [0.1, 0.15) is 0 Å². The molecule has 1 aromatic carbocycles. The number of benzene rings is 1. The predicted molar refractivity (Wildman–Crippen MR) is 78.4 cm³/mol. The van der Waals surface area contributed by atoms with Crippen LogP contribution < -0.4 is 0 Å². The van der Waals surface area contributed by atoms with Crippen molar-refractivity contribution in [3.8, 4) is 0 Å². The SMILES string of the molecule is O=C(O)C1CCC2(CC1)CCN(Cc1ccccc1)C2. The molecule has 1 heterocycles. The van der Waals surface area contributed by atoms with Crippen LogP contribution >= 0.6 is 0 Å². The van der Waals surface area contributed by atoms with E-state index in [4.69, 9.17) is 5.11 Å². The number of carboxylic acid groups (broad SMARTS) is 1. The summed E-state index contributed by atoms with van der Waals surface area (Å²) in [6.07, 6.45) is 5.17. The quantitative estimate of drug-likeness (QED) is 0.919. The van der Waals surface area contributed by atoms with E-state index in [1.165, 1.54) is 12.0 Å². The molecule has 1 N–H and O–H groups in total. The lowest BCUT2D eigenvalue weighted by Gasteiger charge is -2.36. The Kier molecular flexibility index (Phi) is 3.79. The first kappa shape index (κ1) is 13.6. The highest BCUT2D eigenvalue weighted by Gasteiger charge is 2.42. The van der Waals surface area contributed by atoms with Gasteiger partial charge >= 0.3 is 5.97 Å². The molecule has 1 spiro atoms. The maximum atomic E-state index is 11.1. The normalized spacial score (nSPS) is 30.7.